The summed E-state index contributed by atoms with van der Waals surface area (Å²) in [4.78, 5) is 30.6. The topological polar surface area (TPSA) is 154 Å². The van der Waals surface area contributed by atoms with Crippen LogP contribution in [0.4, 0.5) is 0 Å². The van der Waals surface area contributed by atoms with Gasteiger partial charge in [0.15, 0.2) is 0 Å². The zero-order valence-electron chi connectivity index (χ0n) is 17.9. The molecule has 1 aliphatic rings. The Morgan fingerprint density at radius 3 is 2.29 bits per heavy atom. The van der Waals surface area contributed by atoms with Crippen LogP contribution in [-0.2, 0) is 25.4 Å². The van der Waals surface area contributed by atoms with Crippen LogP contribution < -0.4 is 10.6 Å². The Hall–Kier alpha value is -1.09. The van der Waals surface area contributed by atoms with Gasteiger partial charge in [-0.15, -0.1) is 11.6 Å². The van der Waals surface area contributed by atoms with E-state index in [0.717, 1.165) is 0 Å². The van der Waals surface area contributed by atoms with Crippen molar-refractivity contribution in [1.29, 1.82) is 0 Å². The third-order valence-corrected chi connectivity index (χ3v) is 6.63. The lowest BCUT2D eigenvalue weighted by atomic mass is 9.92. The summed E-state index contributed by atoms with van der Waals surface area (Å²) in [6.45, 7) is -1.24. The van der Waals surface area contributed by atoms with Crippen LogP contribution in [0.25, 0.3) is 0 Å². The van der Waals surface area contributed by atoms with E-state index in [4.69, 9.17) is 39.5 Å². The van der Waals surface area contributed by atoms with E-state index in [1.54, 1.807) is 18.3 Å². The Bertz CT molecular complexity index is 1060. The van der Waals surface area contributed by atoms with Crippen molar-refractivity contribution in [2.45, 2.75) is 11.1 Å². The number of morpholine rings is 1. The van der Waals surface area contributed by atoms with Gasteiger partial charge in [-0.1, -0.05) is 23.2 Å². The fourth-order valence-electron chi connectivity index (χ4n) is 3.16. The summed E-state index contributed by atoms with van der Waals surface area (Å²) in [5.74, 6) is -1.11. The molecule has 35 heavy (non-hydrogen) atoms. The molecule has 0 saturated carbocycles. The van der Waals surface area contributed by atoms with E-state index in [2.05, 4.69) is 52.5 Å². The molecule has 0 aliphatic carbocycles. The number of halogens is 5. The predicted molar refractivity (Wildman–Crippen MR) is 136 cm³/mol. The minimum Gasteiger partial charge on any atom is -0.393 e. The Balaban J connectivity index is 0.000000247. The minimum atomic E-state index is -1.42. The standard InChI is InChI=1S/C10H11BrCl2N2O3.C10H10BrClN2O3/c11-6-1-7(9(13)14-3-6)10(4-16,5-17)15-8(18)2-12;11-6-1-7(9(12)13-2-6)10(4-15)5-17-3-8(16)14-10/h1,3,16-17H,2,4-5H2,(H,15,18);1-2,15H,3-5H2,(H,14,16). The van der Waals surface area contributed by atoms with Gasteiger partial charge in [-0.3, -0.25) is 9.59 Å². The maximum absolute atomic E-state index is 11.4. The first kappa shape index (κ1) is 30.1. The minimum absolute atomic E-state index is 0.0131. The first-order chi connectivity index (χ1) is 16.6. The predicted octanol–water partition coefficient (Wildman–Crippen LogP) is 1.86. The molecule has 2 amide bonds. The smallest absolute Gasteiger partial charge is 0.246 e. The fourth-order valence-corrected chi connectivity index (χ4v) is 4.45. The molecule has 1 saturated heterocycles. The number of alkyl halides is 1. The number of aliphatic hydroxyl groups is 3. The van der Waals surface area contributed by atoms with Crippen LogP contribution in [0.1, 0.15) is 11.1 Å². The van der Waals surface area contributed by atoms with E-state index in [1.807, 2.05) is 0 Å². The second kappa shape index (κ2) is 13.5. The van der Waals surface area contributed by atoms with Crippen molar-refractivity contribution in [2.75, 3.05) is 38.9 Å². The highest BCUT2D eigenvalue weighted by Crippen LogP contribution is 2.31. The fraction of sp³-hybridized carbons (Fsp3) is 0.400. The maximum Gasteiger partial charge on any atom is 0.246 e. The maximum atomic E-state index is 11.4. The molecule has 0 spiro atoms. The van der Waals surface area contributed by atoms with Gasteiger partial charge in [0.05, 0.1) is 26.4 Å². The van der Waals surface area contributed by atoms with E-state index in [0.29, 0.717) is 20.1 Å². The summed E-state index contributed by atoms with van der Waals surface area (Å²) in [7, 11) is 0. The molecule has 15 heteroatoms. The first-order valence-corrected chi connectivity index (χ1v) is 12.7. The van der Waals surface area contributed by atoms with Crippen LogP contribution in [0.15, 0.2) is 33.5 Å². The van der Waals surface area contributed by atoms with E-state index < -0.39 is 30.2 Å². The largest absolute Gasteiger partial charge is 0.393 e. The van der Waals surface area contributed by atoms with Crippen LogP contribution in [0, 0.1) is 0 Å². The molecule has 2 aromatic rings. The molecule has 10 nitrogen and oxygen atoms in total. The number of nitrogens with one attached hydrogen (secondary N) is 2. The molecule has 2 aromatic heterocycles. The molecule has 0 bridgehead atoms. The summed E-state index contributed by atoms with van der Waals surface area (Å²) in [6.07, 6.45) is 3.01. The second-order valence-corrected chi connectivity index (χ2v) is 10.2. The van der Waals surface area contributed by atoms with Gasteiger partial charge in [0, 0.05) is 32.5 Å². The Morgan fingerprint density at radius 2 is 1.74 bits per heavy atom. The zero-order chi connectivity index (χ0) is 26.2. The normalized spacial score (nSPS) is 17.8. The second-order valence-electron chi connectivity index (χ2n) is 7.35. The molecule has 1 aliphatic heterocycles. The molecule has 1 atom stereocenters. The van der Waals surface area contributed by atoms with Crippen molar-refractivity contribution < 1.29 is 29.6 Å². The van der Waals surface area contributed by atoms with Crippen LogP contribution in [0.5, 0.6) is 0 Å². The van der Waals surface area contributed by atoms with Crippen LogP contribution in [0.3, 0.4) is 0 Å². The first-order valence-electron chi connectivity index (χ1n) is 9.77. The van der Waals surface area contributed by atoms with Crippen LogP contribution in [-0.4, -0.2) is 76.0 Å². The zero-order valence-corrected chi connectivity index (χ0v) is 23.3. The summed E-state index contributed by atoms with van der Waals surface area (Å²) >= 11 is 23.8. The number of aromatic nitrogens is 2. The number of hydrogen-bond acceptors (Lipinski definition) is 8. The van der Waals surface area contributed by atoms with Gasteiger partial charge in [-0.2, -0.15) is 0 Å². The molecular weight excluding hydrogens is 658 g/mol. The van der Waals surface area contributed by atoms with Crippen LogP contribution >= 0.6 is 66.7 Å². The Labute approximate surface area is 232 Å². The molecule has 0 aromatic carbocycles. The van der Waals surface area contributed by atoms with E-state index in [9.17, 15) is 24.9 Å². The van der Waals surface area contributed by atoms with Crippen molar-refractivity contribution >= 4 is 78.5 Å². The number of ether oxygens (including phenoxy) is 1. The van der Waals surface area contributed by atoms with Gasteiger partial charge in [0.25, 0.3) is 0 Å². The van der Waals surface area contributed by atoms with Crippen molar-refractivity contribution in [3.8, 4) is 0 Å². The van der Waals surface area contributed by atoms with Crippen molar-refractivity contribution in [3.63, 3.8) is 0 Å². The average molecular weight is 680 g/mol. The third kappa shape index (κ3) is 7.46. The van der Waals surface area contributed by atoms with E-state index in [1.165, 1.54) is 6.20 Å². The lowest BCUT2D eigenvalue weighted by Gasteiger charge is -2.36. The van der Waals surface area contributed by atoms with Crippen molar-refractivity contribution in [1.82, 2.24) is 20.6 Å². The van der Waals surface area contributed by atoms with Crippen molar-refractivity contribution in [2.24, 2.45) is 0 Å². The number of rotatable bonds is 7. The molecular formula is C20H21Br2Cl3N4O6. The number of nitrogens with zero attached hydrogens (tertiary/aromatic N) is 2. The molecule has 1 fully saturated rings. The van der Waals surface area contributed by atoms with Gasteiger partial charge in [-0.25, -0.2) is 9.97 Å². The molecule has 5 N–H and O–H groups in total. The van der Waals surface area contributed by atoms with Crippen LogP contribution in [0.2, 0.25) is 10.3 Å². The quantitative estimate of drug-likeness (QED) is 0.220. The SMILES string of the molecule is O=C(CCl)NC(CO)(CO)c1cc(Br)cnc1Cl.O=C1COCC(CO)(c2cc(Br)cnc2Cl)N1. The van der Waals surface area contributed by atoms with Gasteiger partial charge in [-0.05, 0) is 44.0 Å². The number of carbonyl (C=O) groups is 2. The number of aliphatic hydroxyl groups excluding tert-OH is 3. The van der Waals surface area contributed by atoms with E-state index in [-0.39, 0.29) is 41.9 Å². The van der Waals surface area contributed by atoms with Gasteiger partial charge in [0.1, 0.15) is 33.9 Å². The summed E-state index contributed by atoms with van der Waals surface area (Å²) < 4.78 is 6.48. The molecule has 3 heterocycles. The Kier molecular flexibility index (Phi) is 11.6. The lowest BCUT2D eigenvalue weighted by Crippen LogP contribution is -2.57. The van der Waals surface area contributed by atoms with Gasteiger partial charge < -0.3 is 30.7 Å². The monoisotopic (exact) mass is 676 g/mol. The number of pyridine rings is 2. The number of carbonyl (C=O) groups excluding carboxylic acids is 2. The van der Waals surface area contributed by atoms with Gasteiger partial charge in [0.2, 0.25) is 11.8 Å². The third-order valence-electron chi connectivity index (χ3n) is 4.91. The molecule has 192 valence electrons. The van der Waals surface area contributed by atoms with E-state index >= 15 is 0 Å². The number of amides is 2. The summed E-state index contributed by atoms with van der Waals surface area (Å²) in [5.41, 5.74) is -1.60. The van der Waals surface area contributed by atoms with Gasteiger partial charge >= 0.3 is 0 Å². The van der Waals surface area contributed by atoms with Crippen molar-refractivity contribution in [3.05, 3.63) is 54.9 Å². The summed E-state index contributed by atoms with van der Waals surface area (Å²) in [5, 5.41) is 33.9. The molecule has 1 unspecified atom stereocenters. The highest BCUT2D eigenvalue weighted by molar-refractivity contribution is 9.10. The lowest BCUT2D eigenvalue weighted by molar-refractivity contribution is -0.137. The summed E-state index contributed by atoms with van der Waals surface area (Å²) in [6, 6.07) is 3.27. The highest BCUT2D eigenvalue weighted by atomic mass is 79.9. The molecule has 0 radical (unpaired) electrons. The highest BCUT2D eigenvalue weighted by Gasteiger charge is 2.39. The molecule has 3 rings (SSSR count). The average Bonchev–Trinajstić information content (AvgIpc) is 2.85. The number of hydrogen-bond donors (Lipinski definition) is 5. The Morgan fingerprint density at radius 1 is 1.14 bits per heavy atom.